The van der Waals surface area contributed by atoms with Crippen LogP contribution in [0.25, 0.3) is 0 Å². The first-order valence-electron chi connectivity index (χ1n) is 8.71. The Morgan fingerprint density at radius 1 is 0.931 bits per heavy atom. The molecule has 0 aliphatic heterocycles. The summed E-state index contributed by atoms with van der Waals surface area (Å²) in [6.45, 7) is 1.41. The summed E-state index contributed by atoms with van der Waals surface area (Å²) < 4.78 is 5.09. The van der Waals surface area contributed by atoms with Crippen LogP contribution in [0.5, 0.6) is 0 Å². The number of halogens is 1. The Hall–Kier alpha value is -3.58. The predicted molar refractivity (Wildman–Crippen MR) is 110 cm³/mol. The van der Waals surface area contributed by atoms with E-state index in [0.717, 1.165) is 0 Å². The highest BCUT2D eigenvalue weighted by Crippen LogP contribution is 2.17. The van der Waals surface area contributed by atoms with Crippen LogP contribution < -0.4 is 16.0 Å². The molecule has 2 aromatic carbocycles. The van der Waals surface area contributed by atoms with E-state index in [9.17, 15) is 14.4 Å². The molecule has 0 saturated carbocycles. The smallest absolute Gasteiger partial charge is 0.288 e. The number of nitrogens with one attached hydrogen (secondary N) is 3. The van der Waals surface area contributed by atoms with Crippen molar-refractivity contribution in [3.8, 4) is 0 Å². The van der Waals surface area contributed by atoms with Crippen LogP contribution in [0.3, 0.4) is 0 Å². The molecule has 0 radical (unpaired) electrons. The van der Waals surface area contributed by atoms with Gasteiger partial charge < -0.3 is 20.4 Å². The molecule has 0 aliphatic carbocycles. The van der Waals surface area contributed by atoms with Crippen LogP contribution in [0.15, 0.2) is 71.3 Å². The lowest BCUT2D eigenvalue weighted by atomic mass is 10.1. The molecule has 3 rings (SSSR count). The van der Waals surface area contributed by atoms with E-state index in [4.69, 9.17) is 16.0 Å². The summed E-state index contributed by atoms with van der Waals surface area (Å²) in [5, 5.41) is 8.79. The second kappa shape index (κ2) is 9.07. The molecule has 0 spiro atoms. The second-order valence-corrected chi connectivity index (χ2v) is 6.59. The monoisotopic (exact) mass is 411 g/mol. The molecule has 29 heavy (non-hydrogen) atoms. The predicted octanol–water partition coefficient (Wildman–Crippen LogP) is 3.94. The number of amides is 2. The average molecular weight is 412 g/mol. The molecule has 0 bridgehead atoms. The maximum absolute atomic E-state index is 13.0. The minimum absolute atomic E-state index is 0.0849. The molecule has 0 unspecified atom stereocenters. The molecular weight excluding hydrogens is 394 g/mol. The first-order valence-corrected chi connectivity index (χ1v) is 9.08. The molecule has 148 valence electrons. The van der Waals surface area contributed by atoms with Gasteiger partial charge in [0.1, 0.15) is 0 Å². The number of furan rings is 1. The summed E-state index contributed by atoms with van der Waals surface area (Å²) in [6, 6.07) is 16.2. The normalized spacial score (nSPS) is 11.4. The minimum atomic E-state index is -1.06. The summed E-state index contributed by atoms with van der Waals surface area (Å²) >= 11 is 5.89. The van der Waals surface area contributed by atoms with Crippen LogP contribution in [0, 0.1) is 0 Å². The number of ketones is 1. The number of Topliss-reactive ketones (excluding diaryl/α,β-unsaturated/α-hetero) is 1. The van der Waals surface area contributed by atoms with E-state index in [-0.39, 0.29) is 17.5 Å². The van der Waals surface area contributed by atoms with Crippen molar-refractivity contribution >= 4 is 40.6 Å². The van der Waals surface area contributed by atoms with E-state index in [1.807, 2.05) is 0 Å². The summed E-state index contributed by atoms with van der Waals surface area (Å²) in [5.74, 6) is -0.994. The molecule has 8 heteroatoms. The number of carbonyl (C=O) groups excluding carboxylic acids is 3. The van der Waals surface area contributed by atoms with Gasteiger partial charge in [0.2, 0.25) is 11.7 Å². The zero-order valence-electron chi connectivity index (χ0n) is 15.4. The number of hydrogen-bond donors (Lipinski definition) is 3. The van der Waals surface area contributed by atoms with Gasteiger partial charge in [-0.2, -0.15) is 0 Å². The topological polar surface area (TPSA) is 100 Å². The number of carbonyl (C=O) groups is 3. The van der Waals surface area contributed by atoms with Gasteiger partial charge in [0.05, 0.1) is 6.26 Å². The van der Waals surface area contributed by atoms with Crippen molar-refractivity contribution < 1.29 is 18.8 Å². The fraction of sp³-hybridized carbons (Fsp3) is 0.0952. The Kier molecular flexibility index (Phi) is 6.31. The average Bonchev–Trinajstić information content (AvgIpc) is 3.23. The van der Waals surface area contributed by atoms with Crippen LogP contribution >= 0.6 is 11.6 Å². The molecule has 3 N–H and O–H groups in total. The van der Waals surface area contributed by atoms with E-state index in [1.165, 1.54) is 19.3 Å². The Morgan fingerprint density at radius 2 is 1.59 bits per heavy atom. The van der Waals surface area contributed by atoms with E-state index in [2.05, 4.69) is 16.0 Å². The van der Waals surface area contributed by atoms with Gasteiger partial charge in [-0.25, -0.2) is 0 Å². The van der Waals surface area contributed by atoms with Gasteiger partial charge in [0.15, 0.2) is 11.9 Å². The van der Waals surface area contributed by atoms with Crippen molar-refractivity contribution in [2.75, 3.05) is 10.6 Å². The van der Waals surface area contributed by atoms with E-state index >= 15 is 0 Å². The summed E-state index contributed by atoms with van der Waals surface area (Å²) in [5.41, 5.74) is 1.57. The van der Waals surface area contributed by atoms with Crippen LogP contribution in [0.2, 0.25) is 5.02 Å². The van der Waals surface area contributed by atoms with Gasteiger partial charge in [0, 0.05) is 28.9 Å². The highest BCUT2D eigenvalue weighted by Gasteiger charge is 2.24. The van der Waals surface area contributed by atoms with Crippen molar-refractivity contribution in [1.82, 2.24) is 5.32 Å². The Labute approximate surface area is 172 Å². The Bertz CT molecular complexity index is 999. The van der Waals surface area contributed by atoms with Crippen LogP contribution in [-0.4, -0.2) is 23.8 Å². The lowest BCUT2D eigenvalue weighted by molar-refractivity contribution is -0.114. The van der Waals surface area contributed by atoms with Gasteiger partial charge in [-0.05, 0) is 60.7 Å². The zero-order valence-corrected chi connectivity index (χ0v) is 16.2. The number of anilines is 2. The van der Waals surface area contributed by atoms with Crippen molar-refractivity contribution in [2.45, 2.75) is 13.1 Å². The van der Waals surface area contributed by atoms with Gasteiger partial charge in [0.25, 0.3) is 5.91 Å². The molecule has 7 nitrogen and oxygen atoms in total. The maximum Gasteiger partial charge on any atom is 0.288 e. The molecule has 0 saturated heterocycles. The molecule has 1 heterocycles. The standard InChI is InChI=1S/C21H18ClN3O4/c1-13(26)23-16-8-10-17(11-9-16)24-20(25-21(28)18-3-2-12-29-18)19(27)14-4-6-15(22)7-5-14/h2-12,20,24H,1H3,(H,23,26)(H,25,28)/t20-/m1/s1. The third kappa shape index (κ3) is 5.46. The fourth-order valence-electron chi connectivity index (χ4n) is 2.58. The Morgan fingerprint density at radius 3 is 2.17 bits per heavy atom. The fourth-order valence-corrected chi connectivity index (χ4v) is 2.70. The SMILES string of the molecule is CC(=O)Nc1ccc(N[C@H](NC(=O)c2ccco2)C(=O)c2ccc(Cl)cc2)cc1. The largest absolute Gasteiger partial charge is 0.459 e. The lowest BCUT2D eigenvalue weighted by Crippen LogP contribution is -2.46. The quantitative estimate of drug-likeness (QED) is 0.404. The van der Waals surface area contributed by atoms with Crippen molar-refractivity contribution in [1.29, 1.82) is 0 Å². The number of benzene rings is 2. The molecule has 3 aromatic rings. The lowest BCUT2D eigenvalue weighted by Gasteiger charge is -2.20. The van der Waals surface area contributed by atoms with E-state index in [0.29, 0.717) is 22.0 Å². The summed E-state index contributed by atoms with van der Waals surface area (Å²) in [7, 11) is 0. The molecule has 2 amide bonds. The van der Waals surface area contributed by atoms with Crippen LogP contribution in [-0.2, 0) is 4.79 Å². The number of hydrogen-bond acceptors (Lipinski definition) is 5. The molecule has 1 atom stereocenters. The van der Waals surface area contributed by atoms with Crippen molar-refractivity contribution in [3.63, 3.8) is 0 Å². The molecule has 0 fully saturated rings. The summed E-state index contributed by atoms with van der Waals surface area (Å²) in [4.78, 5) is 36.5. The maximum atomic E-state index is 13.0. The minimum Gasteiger partial charge on any atom is -0.459 e. The van der Waals surface area contributed by atoms with Gasteiger partial charge in [-0.15, -0.1) is 0 Å². The van der Waals surface area contributed by atoms with E-state index in [1.54, 1.807) is 54.6 Å². The third-order valence-electron chi connectivity index (χ3n) is 3.93. The summed E-state index contributed by atoms with van der Waals surface area (Å²) in [6.07, 6.45) is 0.319. The highest BCUT2D eigenvalue weighted by molar-refractivity contribution is 6.30. The van der Waals surface area contributed by atoms with Gasteiger partial charge >= 0.3 is 0 Å². The molecule has 0 aliphatic rings. The first kappa shape index (κ1) is 20.2. The Balaban J connectivity index is 1.81. The zero-order chi connectivity index (χ0) is 20.8. The van der Waals surface area contributed by atoms with Crippen LogP contribution in [0.1, 0.15) is 27.8 Å². The van der Waals surface area contributed by atoms with Gasteiger partial charge in [-0.3, -0.25) is 14.4 Å². The second-order valence-electron chi connectivity index (χ2n) is 6.16. The van der Waals surface area contributed by atoms with Crippen molar-refractivity contribution in [3.05, 3.63) is 83.3 Å². The highest BCUT2D eigenvalue weighted by atomic mass is 35.5. The van der Waals surface area contributed by atoms with Crippen LogP contribution in [0.4, 0.5) is 11.4 Å². The van der Waals surface area contributed by atoms with Crippen molar-refractivity contribution in [2.24, 2.45) is 0 Å². The molecule has 1 aromatic heterocycles. The third-order valence-corrected chi connectivity index (χ3v) is 4.18. The number of rotatable bonds is 7. The first-order chi connectivity index (χ1) is 13.9. The van der Waals surface area contributed by atoms with E-state index < -0.39 is 12.1 Å². The molecular formula is C21H18ClN3O4. The van der Waals surface area contributed by atoms with Gasteiger partial charge in [-0.1, -0.05) is 11.6 Å².